The number of hydrogen-bond acceptors (Lipinski definition) is 5. The fraction of sp³-hybridized carbons (Fsp3) is 0.429. The lowest BCUT2D eigenvalue weighted by Crippen LogP contribution is -2.14. The van der Waals surface area contributed by atoms with E-state index in [9.17, 15) is 0 Å². The molecule has 0 atom stereocenters. The van der Waals surface area contributed by atoms with E-state index >= 15 is 0 Å². The van der Waals surface area contributed by atoms with Crippen LogP contribution in [0.15, 0.2) is 45.8 Å². The molecule has 1 heterocycles. The second kappa shape index (κ2) is 10.1. The molecule has 0 aliphatic rings. The molecule has 0 unspecified atom stereocenters. The Morgan fingerprint density at radius 3 is 2.63 bits per heavy atom. The molecule has 0 bridgehead atoms. The molecule has 0 fully saturated rings. The summed E-state index contributed by atoms with van der Waals surface area (Å²) in [5.74, 6) is 1.55. The number of hydrogen-bond donors (Lipinski definition) is 0. The average molecular weight is 388 g/mol. The molecule has 0 radical (unpaired) electrons. The van der Waals surface area contributed by atoms with Gasteiger partial charge >= 0.3 is 0 Å². The van der Waals surface area contributed by atoms with Crippen molar-refractivity contribution in [1.82, 2.24) is 4.68 Å². The van der Waals surface area contributed by atoms with Crippen LogP contribution in [0.3, 0.4) is 0 Å². The van der Waals surface area contributed by atoms with Crippen LogP contribution in [-0.2, 0) is 0 Å². The minimum Gasteiger partial charge on any atom is -0.497 e. The first-order chi connectivity index (χ1) is 13.0. The second-order valence-corrected chi connectivity index (χ2v) is 7.33. The lowest BCUT2D eigenvalue weighted by molar-refractivity contribution is 0.404. The van der Waals surface area contributed by atoms with Crippen LogP contribution in [-0.4, -0.2) is 31.2 Å². The van der Waals surface area contributed by atoms with Gasteiger partial charge in [0.25, 0.3) is 0 Å². The summed E-state index contributed by atoms with van der Waals surface area (Å²) in [6.07, 6.45) is 3.23. The Kier molecular flexibility index (Phi) is 7.85. The van der Waals surface area contributed by atoms with Crippen molar-refractivity contribution in [3.05, 3.63) is 40.5 Å². The van der Waals surface area contributed by atoms with Crippen molar-refractivity contribution in [3.8, 4) is 22.8 Å². The Balaban J connectivity index is 2.63. The van der Waals surface area contributed by atoms with Gasteiger partial charge in [0.1, 0.15) is 11.5 Å². The summed E-state index contributed by atoms with van der Waals surface area (Å²) in [6, 6.07) is 5.77. The highest BCUT2D eigenvalue weighted by Gasteiger charge is 2.14. The molecule has 1 aromatic carbocycles. The zero-order chi connectivity index (χ0) is 19.8. The van der Waals surface area contributed by atoms with Gasteiger partial charge in [-0.15, -0.1) is 11.3 Å². The predicted octanol–water partition coefficient (Wildman–Crippen LogP) is 5.12. The zero-order valence-corrected chi connectivity index (χ0v) is 17.7. The molecule has 0 saturated carbocycles. The van der Waals surface area contributed by atoms with Crippen LogP contribution in [0.2, 0.25) is 0 Å². The molecule has 0 saturated heterocycles. The summed E-state index contributed by atoms with van der Waals surface area (Å²) in [7, 11) is 3.33. The quantitative estimate of drug-likeness (QED) is 0.443. The molecule has 146 valence electrons. The Bertz CT molecular complexity index is 878. The van der Waals surface area contributed by atoms with Crippen LogP contribution in [0.4, 0.5) is 0 Å². The number of unbranched alkanes of at least 4 members (excludes halogenated alkanes) is 1. The molecule has 0 spiro atoms. The molecule has 2 rings (SSSR count). The third-order valence-electron chi connectivity index (χ3n) is 4.02. The lowest BCUT2D eigenvalue weighted by Gasteiger charge is -2.11. The molecule has 1 aromatic heterocycles. The molecular weight excluding hydrogens is 358 g/mol. The molecule has 5 nitrogen and oxygen atoms in total. The molecule has 0 aliphatic carbocycles. The molecular formula is C21H29N3O2S. The number of ether oxygens (including phenoxy) is 2. The monoisotopic (exact) mass is 387 g/mol. The summed E-state index contributed by atoms with van der Waals surface area (Å²) in [6.45, 7) is 10.8. The van der Waals surface area contributed by atoms with Crippen LogP contribution in [0.5, 0.6) is 11.5 Å². The van der Waals surface area contributed by atoms with Gasteiger partial charge in [-0.2, -0.15) is 5.10 Å². The van der Waals surface area contributed by atoms with Gasteiger partial charge in [-0.05, 0) is 44.9 Å². The number of methoxy groups -OCH3 is 2. The lowest BCUT2D eigenvalue weighted by atomic mass is 10.1. The van der Waals surface area contributed by atoms with Crippen LogP contribution in [0.1, 0.15) is 40.0 Å². The maximum Gasteiger partial charge on any atom is 0.206 e. The average Bonchev–Trinajstić information content (AvgIpc) is 3.06. The van der Waals surface area contributed by atoms with Gasteiger partial charge in [0.2, 0.25) is 4.80 Å². The third-order valence-corrected chi connectivity index (χ3v) is 4.87. The number of nitrogens with zero attached hydrogens (tertiary/aromatic N) is 3. The van der Waals surface area contributed by atoms with Crippen molar-refractivity contribution in [3.63, 3.8) is 0 Å². The third kappa shape index (κ3) is 5.57. The number of aromatic nitrogens is 1. The topological polar surface area (TPSA) is 48.1 Å². The number of rotatable bonds is 9. The first-order valence-electron chi connectivity index (χ1n) is 9.12. The number of thiazole rings is 1. The van der Waals surface area contributed by atoms with E-state index in [1.165, 1.54) is 0 Å². The van der Waals surface area contributed by atoms with Gasteiger partial charge in [0.05, 0.1) is 26.5 Å². The van der Waals surface area contributed by atoms with Crippen LogP contribution >= 0.6 is 11.3 Å². The molecule has 6 heteroatoms. The molecule has 2 aromatic rings. The van der Waals surface area contributed by atoms with Crippen LogP contribution in [0, 0.1) is 0 Å². The fourth-order valence-corrected chi connectivity index (χ4v) is 3.38. The minimum atomic E-state index is 0.582. The summed E-state index contributed by atoms with van der Waals surface area (Å²) in [5.41, 5.74) is 3.96. The maximum absolute atomic E-state index is 5.57. The van der Waals surface area contributed by atoms with Gasteiger partial charge in [-0.3, -0.25) is 4.99 Å². The SMILES string of the molecule is C=C(C)CN=c1scc(-c2cc(OC)ccc2OC)n1N=C(C)CCCC. The van der Waals surface area contributed by atoms with E-state index < -0.39 is 0 Å². The first-order valence-corrected chi connectivity index (χ1v) is 10.00. The standard InChI is InChI=1S/C21H29N3O2S/c1-7-8-9-16(4)23-24-19(14-27-21(24)22-13-15(2)3)18-12-17(25-5)10-11-20(18)26-6/h10-12,14H,2,7-9,13H2,1,3-6H3. The zero-order valence-electron chi connectivity index (χ0n) is 16.9. The first kappa shape index (κ1) is 21.0. The largest absolute Gasteiger partial charge is 0.497 e. The highest BCUT2D eigenvalue weighted by Crippen LogP contribution is 2.33. The normalized spacial score (nSPS) is 12.3. The van der Waals surface area contributed by atoms with E-state index in [0.717, 1.165) is 58.1 Å². The minimum absolute atomic E-state index is 0.582. The molecule has 0 N–H and O–H groups in total. The molecule has 27 heavy (non-hydrogen) atoms. The summed E-state index contributed by atoms with van der Waals surface area (Å²) >= 11 is 1.56. The van der Waals surface area contributed by atoms with Crippen molar-refractivity contribution in [1.29, 1.82) is 0 Å². The van der Waals surface area contributed by atoms with E-state index in [1.807, 2.05) is 29.8 Å². The smallest absolute Gasteiger partial charge is 0.206 e. The Morgan fingerprint density at radius 1 is 1.22 bits per heavy atom. The van der Waals surface area contributed by atoms with Crippen molar-refractivity contribution in [2.24, 2.45) is 10.1 Å². The van der Waals surface area contributed by atoms with Gasteiger partial charge in [-0.25, -0.2) is 4.68 Å². The van der Waals surface area contributed by atoms with Crippen LogP contribution < -0.4 is 14.3 Å². The molecule has 0 aliphatic heterocycles. The van der Waals surface area contributed by atoms with Crippen molar-refractivity contribution in [2.75, 3.05) is 20.8 Å². The van der Waals surface area contributed by atoms with Crippen molar-refractivity contribution >= 4 is 17.0 Å². The number of benzene rings is 1. The van der Waals surface area contributed by atoms with E-state index in [2.05, 4.69) is 30.8 Å². The fourth-order valence-electron chi connectivity index (χ4n) is 2.56. The van der Waals surface area contributed by atoms with Gasteiger partial charge in [0.15, 0.2) is 0 Å². The van der Waals surface area contributed by atoms with Crippen molar-refractivity contribution in [2.45, 2.75) is 40.0 Å². The predicted molar refractivity (Wildman–Crippen MR) is 114 cm³/mol. The van der Waals surface area contributed by atoms with E-state index in [1.54, 1.807) is 25.6 Å². The van der Waals surface area contributed by atoms with Crippen molar-refractivity contribution < 1.29 is 9.47 Å². The van der Waals surface area contributed by atoms with Crippen LogP contribution in [0.25, 0.3) is 11.3 Å². The van der Waals surface area contributed by atoms with Gasteiger partial charge in [-0.1, -0.05) is 25.5 Å². The van der Waals surface area contributed by atoms with Gasteiger partial charge in [0, 0.05) is 16.7 Å². The Morgan fingerprint density at radius 2 is 2.00 bits per heavy atom. The molecule has 0 amide bonds. The Hall–Kier alpha value is -2.34. The van der Waals surface area contributed by atoms with E-state index in [4.69, 9.17) is 14.6 Å². The van der Waals surface area contributed by atoms with E-state index in [0.29, 0.717) is 6.54 Å². The summed E-state index contributed by atoms with van der Waals surface area (Å²) in [5, 5.41) is 6.93. The second-order valence-electron chi connectivity index (χ2n) is 6.49. The summed E-state index contributed by atoms with van der Waals surface area (Å²) in [4.78, 5) is 5.53. The van der Waals surface area contributed by atoms with E-state index in [-0.39, 0.29) is 0 Å². The highest BCUT2D eigenvalue weighted by atomic mass is 32.1. The Labute approximate surface area is 165 Å². The maximum atomic E-state index is 5.57. The highest BCUT2D eigenvalue weighted by molar-refractivity contribution is 7.07. The van der Waals surface area contributed by atoms with Gasteiger partial charge < -0.3 is 9.47 Å². The summed E-state index contributed by atoms with van der Waals surface area (Å²) < 4.78 is 12.9.